The van der Waals surface area contributed by atoms with Gasteiger partial charge in [-0.3, -0.25) is 0 Å². The molecule has 0 amide bonds. The molecular formula is C20H31N. The van der Waals surface area contributed by atoms with Crippen LogP contribution >= 0.6 is 0 Å². The molecule has 2 aliphatic rings. The second kappa shape index (κ2) is 6.52. The van der Waals surface area contributed by atoms with E-state index in [-0.39, 0.29) is 0 Å². The summed E-state index contributed by atoms with van der Waals surface area (Å²) in [7, 11) is 0. The normalized spacial score (nSPS) is 22.6. The molecule has 0 saturated heterocycles. The summed E-state index contributed by atoms with van der Waals surface area (Å²) in [5, 5.41) is 3.99. The molecule has 1 N–H and O–H groups in total. The molecule has 1 aromatic carbocycles. The minimum absolute atomic E-state index is 0.579. The molecule has 1 nitrogen and oxygen atoms in total. The van der Waals surface area contributed by atoms with Gasteiger partial charge in [0, 0.05) is 12.6 Å². The number of rotatable bonds is 7. The van der Waals surface area contributed by atoms with Gasteiger partial charge in [0.2, 0.25) is 0 Å². The van der Waals surface area contributed by atoms with E-state index < -0.39 is 0 Å². The zero-order valence-corrected chi connectivity index (χ0v) is 13.8. The van der Waals surface area contributed by atoms with Gasteiger partial charge in [0.15, 0.2) is 0 Å². The lowest BCUT2D eigenvalue weighted by molar-refractivity contribution is 0.211. The van der Waals surface area contributed by atoms with Gasteiger partial charge in [0.05, 0.1) is 0 Å². The van der Waals surface area contributed by atoms with Crippen LogP contribution in [-0.2, 0) is 0 Å². The summed E-state index contributed by atoms with van der Waals surface area (Å²) >= 11 is 0. The lowest BCUT2D eigenvalue weighted by Crippen LogP contribution is -2.36. The van der Waals surface area contributed by atoms with Crippen molar-refractivity contribution in [2.45, 2.75) is 64.8 Å². The summed E-state index contributed by atoms with van der Waals surface area (Å²) in [6, 6.07) is 11.7. The maximum atomic E-state index is 3.99. The van der Waals surface area contributed by atoms with Gasteiger partial charge in [-0.15, -0.1) is 0 Å². The van der Waals surface area contributed by atoms with Crippen LogP contribution in [0.25, 0.3) is 0 Å². The molecule has 0 spiro atoms. The minimum atomic E-state index is 0.579. The van der Waals surface area contributed by atoms with Crippen LogP contribution in [0.3, 0.4) is 0 Å². The molecule has 2 fully saturated rings. The van der Waals surface area contributed by atoms with E-state index in [1.54, 1.807) is 0 Å². The number of benzene rings is 1. The fourth-order valence-electron chi connectivity index (χ4n) is 4.42. The van der Waals surface area contributed by atoms with Gasteiger partial charge >= 0.3 is 0 Å². The lowest BCUT2D eigenvalue weighted by Gasteiger charge is -2.33. The van der Waals surface area contributed by atoms with Crippen molar-refractivity contribution >= 4 is 0 Å². The Morgan fingerprint density at radius 1 is 1.10 bits per heavy atom. The Bertz CT molecular complexity index is 426. The van der Waals surface area contributed by atoms with E-state index in [1.165, 1.54) is 57.1 Å². The highest BCUT2D eigenvalue weighted by molar-refractivity contribution is 5.21. The van der Waals surface area contributed by atoms with E-state index in [4.69, 9.17) is 0 Å². The van der Waals surface area contributed by atoms with Gasteiger partial charge in [-0.25, -0.2) is 0 Å². The minimum Gasteiger partial charge on any atom is -0.309 e. The van der Waals surface area contributed by atoms with Crippen LogP contribution in [-0.4, -0.2) is 6.54 Å². The van der Waals surface area contributed by atoms with Crippen molar-refractivity contribution in [2.75, 3.05) is 6.54 Å². The summed E-state index contributed by atoms with van der Waals surface area (Å²) in [4.78, 5) is 0. The highest BCUT2D eigenvalue weighted by Gasteiger charge is 2.37. The molecule has 0 aromatic heterocycles. The fourth-order valence-corrected chi connectivity index (χ4v) is 4.42. The smallest absolute Gasteiger partial charge is 0.0348 e. The number of nitrogens with one attached hydrogen (secondary N) is 1. The van der Waals surface area contributed by atoms with Crippen LogP contribution in [0.1, 0.15) is 70.4 Å². The first-order valence-corrected chi connectivity index (χ1v) is 8.97. The standard InChI is InChI=1S/C20H31N/c1-16(2)14-20(12-6-7-13-20)15-21-19(18-10-11-18)17-8-4-3-5-9-17/h3-5,8-9,16,18-19,21H,6-7,10-15H2,1-2H3. The van der Waals surface area contributed by atoms with E-state index in [1.807, 2.05) is 0 Å². The molecule has 1 atom stereocenters. The van der Waals surface area contributed by atoms with Crippen LogP contribution in [0.4, 0.5) is 0 Å². The maximum absolute atomic E-state index is 3.99. The fraction of sp³-hybridized carbons (Fsp3) is 0.700. The Labute approximate surface area is 130 Å². The Kier molecular flexibility index (Phi) is 4.69. The first kappa shape index (κ1) is 15.1. The molecule has 1 aromatic rings. The molecule has 0 aliphatic heterocycles. The topological polar surface area (TPSA) is 12.0 Å². The zero-order chi connectivity index (χ0) is 14.7. The highest BCUT2D eigenvalue weighted by atomic mass is 14.9. The van der Waals surface area contributed by atoms with Gasteiger partial charge < -0.3 is 5.32 Å². The first-order chi connectivity index (χ1) is 10.2. The molecule has 0 heterocycles. The van der Waals surface area contributed by atoms with Gasteiger partial charge in [-0.2, -0.15) is 0 Å². The third kappa shape index (κ3) is 3.88. The molecule has 2 saturated carbocycles. The van der Waals surface area contributed by atoms with Crippen molar-refractivity contribution in [1.29, 1.82) is 0 Å². The lowest BCUT2D eigenvalue weighted by atomic mass is 9.78. The van der Waals surface area contributed by atoms with E-state index >= 15 is 0 Å². The van der Waals surface area contributed by atoms with Gasteiger partial charge in [0.1, 0.15) is 0 Å². The maximum Gasteiger partial charge on any atom is 0.0348 e. The van der Waals surface area contributed by atoms with Crippen LogP contribution in [0.5, 0.6) is 0 Å². The van der Waals surface area contributed by atoms with Crippen LogP contribution in [0.2, 0.25) is 0 Å². The molecular weight excluding hydrogens is 254 g/mol. The predicted octanol–water partition coefficient (Wildman–Crippen LogP) is 5.33. The van der Waals surface area contributed by atoms with Crippen LogP contribution < -0.4 is 5.32 Å². The van der Waals surface area contributed by atoms with E-state index in [0.29, 0.717) is 11.5 Å². The van der Waals surface area contributed by atoms with Crippen molar-refractivity contribution in [3.05, 3.63) is 35.9 Å². The quantitative estimate of drug-likeness (QED) is 0.713. The summed E-state index contributed by atoms with van der Waals surface area (Å²) in [5.41, 5.74) is 2.08. The van der Waals surface area contributed by atoms with Crippen molar-refractivity contribution < 1.29 is 0 Å². The van der Waals surface area contributed by atoms with E-state index in [9.17, 15) is 0 Å². The Morgan fingerprint density at radius 3 is 2.33 bits per heavy atom. The van der Waals surface area contributed by atoms with Crippen molar-refractivity contribution in [1.82, 2.24) is 5.32 Å². The van der Waals surface area contributed by atoms with Gasteiger partial charge in [-0.1, -0.05) is 57.0 Å². The molecule has 21 heavy (non-hydrogen) atoms. The monoisotopic (exact) mass is 285 g/mol. The van der Waals surface area contributed by atoms with Crippen molar-refractivity contribution in [3.8, 4) is 0 Å². The third-order valence-electron chi connectivity index (χ3n) is 5.45. The van der Waals surface area contributed by atoms with Crippen molar-refractivity contribution in [3.63, 3.8) is 0 Å². The third-order valence-corrected chi connectivity index (χ3v) is 5.45. The average molecular weight is 285 g/mol. The Morgan fingerprint density at radius 2 is 1.76 bits per heavy atom. The Hall–Kier alpha value is -0.820. The first-order valence-electron chi connectivity index (χ1n) is 8.97. The van der Waals surface area contributed by atoms with E-state index in [2.05, 4.69) is 49.5 Å². The molecule has 0 bridgehead atoms. The van der Waals surface area contributed by atoms with Crippen LogP contribution in [0.15, 0.2) is 30.3 Å². The van der Waals surface area contributed by atoms with E-state index in [0.717, 1.165) is 11.8 Å². The molecule has 1 heteroatoms. The van der Waals surface area contributed by atoms with Gasteiger partial charge in [-0.05, 0) is 54.9 Å². The van der Waals surface area contributed by atoms with Crippen molar-refractivity contribution in [2.24, 2.45) is 17.3 Å². The molecule has 2 aliphatic carbocycles. The van der Waals surface area contributed by atoms with Crippen LogP contribution in [0, 0.1) is 17.3 Å². The van der Waals surface area contributed by atoms with Gasteiger partial charge in [0.25, 0.3) is 0 Å². The highest BCUT2D eigenvalue weighted by Crippen LogP contribution is 2.45. The molecule has 116 valence electrons. The SMILES string of the molecule is CC(C)CC1(CNC(c2ccccc2)C2CC2)CCCC1. The molecule has 0 radical (unpaired) electrons. The average Bonchev–Trinajstić information content (AvgIpc) is 3.20. The molecule has 3 rings (SSSR count). The Balaban J connectivity index is 1.66. The number of hydrogen-bond acceptors (Lipinski definition) is 1. The number of hydrogen-bond donors (Lipinski definition) is 1. The second-order valence-electron chi connectivity index (χ2n) is 7.91. The second-order valence-corrected chi connectivity index (χ2v) is 7.91. The summed E-state index contributed by atoms with van der Waals surface area (Å²) in [6.45, 7) is 5.99. The summed E-state index contributed by atoms with van der Waals surface area (Å²) in [6.07, 6.45) is 9.95. The summed E-state index contributed by atoms with van der Waals surface area (Å²) < 4.78 is 0. The summed E-state index contributed by atoms with van der Waals surface area (Å²) in [5.74, 6) is 1.70. The largest absolute Gasteiger partial charge is 0.309 e. The zero-order valence-electron chi connectivity index (χ0n) is 13.8. The molecule has 1 unspecified atom stereocenters. The predicted molar refractivity (Wildman–Crippen MR) is 90.3 cm³/mol.